The maximum absolute atomic E-state index is 13.5. The van der Waals surface area contributed by atoms with Crippen LogP contribution in [0, 0.1) is 5.82 Å². The van der Waals surface area contributed by atoms with Crippen LogP contribution in [0.15, 0.2) is 42.5 Å². The van der Waals surface area contributed by atoms with E-state index in [9.17, 15) is 9.18 Å². The van der Waals surface area contributed by atoms with E-state index in [1.54, 1.807) is 35.2 Å². The van der Waals surface area contributed by atoms with Crippen molar-refractivity contribution in [1.29, 1.82) is 0 Å². The minimum absolute atomic E-state index is 0.0690. The van der Waals surface area contributed by atoms with Gasteiger partial charge in [0.1, 0.15) is 5.82 Å². The quantitative estimate of drug-likeness (QED) is 0.470. The molecule has 0 saturated carbocycles. The predicted octanol–water partition coefficient (Wildman–Crippen LogP) is 4.56. The normalized spacial score (nSPS) is 16.2. The maximum Gasteiger partial charge on any atom is 0.254 e. The Kier molecular flexibility index (Phi) is 4.33. The Labute approximate surface area is 174 Å². The summed E-state index contributed by atoms with van der Waals surface area (Å²) in [5.74, 6) is 0.967. The zero-order valence-corrected chi connectivity index (χ0v) is 16.9. The molecule has 0 bridgehead atoms. The van der Waals surface area contributed by atoms with Gasteiger partial charge in [-0.05, 0) is 43.3 Å². The fraction of sp³-hybridized carbons (Fsp3) is 0.200. The van der Waals surface area contributed by atoms with Gasteiger partial charge in [-0.2, -0.15) is 0 Å². The largest absolute Gasteiger partial charge is 0.327 e. The van der Waals surface area contributed by atoms with E-state index < -0.39 is 0 Å². The van der Waals surface area contributed by atoms with E-state index in [2.05, 4.69) is 15.2 Å². The number of carbonyl (C=O) groups is 1. The van der Waals surface area contributed by atoms with E-state index in [0.29, 0.717) is 45.8 Å². The van der Waals surface area contributed by atoms with Gasteiger partial charge in [-0.1, -0.05) is 11.6 Å². The van der Waals surface area contributed by atoms with Gasteiger partial charge in [0.25, 0.3) is 5.91 Å². The van der Waals surface area contributed by atoms with E-state index in [1.807, 2.05) is 11.5 Å². The van der Waals surface area contributed by atoms with Crippen molar-refractivity contribution in [3.63, 3.8) is 0 Å². The van der Waals surface area contributed by atoms with Gasteiger partial charge >= 0.3 is 0 Å². The van der Waals surface area contributed by atoms with Crippen LogP contribution in [0.2, 0.25) is 5.02 Å². The van der Waals surface area contributed by atoms with Crippen molar-refractivity contribution in [3.05, 3.63) is 64.7 Å². The summed E-state index contributed by atoms with van der Waals surface area (Å²) in [4.78, 5) is 19.2. The Morgan fingerprint density at radius 2 is 1.97 bits per heavy atom. The fourth-order valence-corrected chi connectivity index (χ4v) is 4.64. The third kappa shape index (κ3) is 3.08. The van der Waals surface area contributed by atoms with Crippen LogP contribution in [0.4, 0.5) is 4.39 Å². The molecule has 0 unspecified atom stereocenters. The molecule has 0 fully saturated rings. The molecule has 0 radical (unpaired) electrons. The number of aromatic nitrogens is 4. The standard InChI is InChI=1S/C20H15ClFN5OS/c1-11-17-24-25-18(19-23-15-10-14(22)6-7-16(15)29-19)27(17)9-8-26(11)20(28)12-2-4-13(21)5-3-12/h2-7,10-11H,8-9H2,1H3/t11-/m1/s1. The molecular weight excluding hydrogens is 413 g/mol. The molecule has 1 aliphatic rings. The van der Waals surface area contributed by atoms with Gasteiger partial charge in [-0.15, -0.1) is 21.5 Å². The van der Waals surface area contributed by atoms with Crippen LogP contribution in [-0.4, -0.2) is 37.1 Å². The molecule has 0 N–H and O–H groups in total. The average Bonchev–Trinajstić information content (AvgIpc) is 3.32. The number of hydrogen-bond acceptors (Lipinski definition) is 5. The summed E-state index contributed by atoms with van der Waals surface area (Å²) in [5, 5.41) is 9.94. The second kappa shape index (κ2) is 6.89. The lowest BCUT2D eigenvalue weighted by Gasteiger charge is -2.33. The van der Waals surface area contributed by atoms with Crippen LogP contribution in [0.25, 0.3) is 21.0 Å². The number of nitrogens with zero attached hydrogens (tertiary/aromatic N) is 5. The van der Waals surface area contributed by atoms with E-state index in [1.165, 1.54) is 23.5 Å². The van der Waals surface area contributed by atoms with E-state index >= 15 is 0 Å². The van der Waals surface area contributed by atoms with Crippen LogP contribution < -0.4 is 0 Å². The zero-order valence-electron chi connectivity index (χ0n) is 15.3. The summed E-state index contributed by atoms with van der Waals surface area (Å²) in [6.07, 6.45) is 0. The number of fused-ring (bicyclic) bond motifs is 2. The van der Waals surface area contributed by atoms with Gasteiger partial charge < -0.3 is 9.47 Å². The van der Waals surface area contributed by atoms with Crippen LogP contribution in [0.5, 0.6) is 0 Å². The van der Waals surface area contributed by atoms with Gasteiger partial charge in [-0.25, -0.2) is 9.37 Å². The molecule has 9 heteroatoms. The van der Waals surface area contributed by atoms with E-state index in [4.69, 9.17) is 11.6 Å². The highest BCUT2D eigenvalue weighted by molar-refractivity contribution is 7.21. The zero-order chi connectivity index (χ0) is 20.1. The molecule has 5 rings (SSSR count). The number of thiazole rings is 1. The first-order valence-corrected chi connectivity index (χ1v) is 10.3. The monoisotopic (exact) mass is 427 g/mol. The van der Waals surface area contributed by atoms with Crippen molar-refractivity contribution in [3.8, 4) is 10.8 Å². The molecule has 1 amide bonds. The van der Waals surface area contributed by atoms with Gasteiger partial charge in [-0.3, -0.25) is 4.79 Å². The summed E-state index contributed by atoms with van der Waals surface area (Å²) < 4.78 is 16.4. The topological polar surface area (TPSA) is 63.9 Å². The molecule has 1 atom stereocenters. The van der Waals surface area contributed by atoms with Crippen LogP contribution >= 0.6 is 22.9 Å². The minimum atomic E-state index is -0.317. The predicted molar refractivity (Wildman–Crippen MR) is 109 cm³/mol. The Balaban J connectivity index is 1.47. The number of carbonyl (C=O) groups excluding carboxylic acids is 1. The Morgan fingerprint density at radius 1 is 1.17 bits per heavy atom. The van der Waals surface area contributed by atoms with Crippen molar-refractivity contribution in [1.82, 2.24) is 24.6 Å². The number of halogens is 2. The Hall–Kier alpha value is -2.84. The lowest BCUT2D eigenvalue weighted by atomic mass is 10.1. The molecule has 6 nitrogen and oxygen atoms in total. The first-order chi connectivity index (χ1) is 14.0. The molecule has 1 aliphatic heterocycles. The highest BCUT2D eigenvalue weighted by atomic mass is 35.5. The molecule has 2 aromatic heterocycles. The van der Waals surface area contributed by atoms with Gasteiger partial charge in [0, 0.05) is 29.7 Å². The molecule has 0 aliphatic carbocycles. The second-order valence-electron chi connectivity index (χ2n) is 6.85. The lowest BCUT2D eigenvalue weighted by molar-refractivity contribution is 0.0638. The first kappa shape index (κ1) is 18.2. The summed E-state index contributed by atoms with van der Waals surface area (Å²) in [6.45, 7) is 3.02. The van der Waals surface area contributed by atoms with E-state index in [0.717, 1.165) is 4.70 Å². The summed E-state index contributed by atoms with van der Waals surface area (Å²) >= 11 is 7.37. The maximum atomic E-state index is 13.5. The van der Waals surface area contributed by atoms with Crippen molar-refractivity contribution in [2.24, 2.45) is 0 Å². The Morgan fingerprint density at radius 3 is 2.76 bits per heavy atom. The van der Waals surface area contributed by atoms with Crippen molar-refractivity contribution in [2.75, 3.05) is 6.54 Å². The first-order valence-electron chi connectivity index (χ1n) is 9.07. The molecule has 2 aromatic carbocycles. The molecule has 146 valence electrons. The fourth-order valence-electron chi connectivity index (χ4n) is 3.58. The third-order valence-corrected chi connectivity index (χ3v) is 6.36. The average molecular weight is 428 g/mol. The number of hydrogen-bond donors (Lipinski definition) is 0. The Bertz CT molecular complexity index is 1240. The SMILES string of the molecule is C[C@@H]1c2nnc(-c3nc4cc(F)ccc4s3)n2CCN1C(=O)c1ccc(Cl)cc1. The second-order valence-corrected chi connectivity index (χ2v) is 8.31. The van der Waals surface area contributed by atoms with Crippen LogP contribution in [0.1, 0.15) is 29.1 Å². The lowest BCUT2D eigenvalue weighted by Crippen LogP contribution is -2.41. The van der Waals surface area contributed by atoms with Gasteiger partial charge in [0.2, 0.25) is 0 Å². The van der Waals surface area contributed by atoms with Gasteiger partial charge in [0.15, 0.2) is 16.7 Å². The minimum Gasteiger partial charge on any atom is -0.327 e. The van der Waals surface area contributed by atoms with Crippen molar-refractivity contribution >= 4 is 39.1 Å². The van der Waals surface area contributed by atoms with Crippen LogP contribution in [-0.2, 0) is 6.54 Å². The third-order valence-electron chi connectivity index (χ3n) is 5.08. The smallest absolute Gasteiger partial charge is 0.254 e. The number of benzene rings is 2. The molecule has 0 spiro atoms. The molecule has 3 heterocycles. The highest BCUT2D eigenvalue weighted by Crippen LogP contribution is 2.33. The molecule has 4 aromatic rings. The summed E-state index contributed by atoms with van der Waals surface area (Å²) in [6, 6.07) is 11.2. The number of rotatable bonds is 2. The van der Waals surface area contributed by atoms with Crippen molar-refractivity contribution in [2.45, 2.75) is 19.5 Å². The molecular formula is C20H15ClFN5OS. The molecule has 29 heavy (non-hydrogen) atoms. The van der Waals surface area contributed by atoms with Crippen molar-refractivity contribution < 1.29 is 9.18 Å². The van der Waals surface area contributed by atoms with Crippen LogP contribution in [0.3, 0.4) is 0 Å². The highest BCUT2D eigenvalue weighted by Gasteiger charge is 2.32. The number of amides is 1. The van der Waals surface area contributed by atoms with E-state index in [-0.39, 0.29) is 17.8 Å². The summed E-state index contributed by atoms with van der Waals surface area (Å²) in [7, 11) is 0. The summed E-state index contributed by atoms with van der Waals surface area (Å²) in [5.41, 5.74) is 1.19. The van der Waals surface area contributed by atoms with Gasteiger partial charge in [0.05, 0.1) is 16.3 Å². The molecule has 0 saturated heterocycles.